The summed E-state index contributed by atoms with van der Waals surface area (Å²) < 4.78 is 20.3. The molecule has 0 aromatic heterocycles. The quantitative estimate of drug-likeness (QED) is 0.128. The first-order chi connectivity index (χ1) is 21.3. The van der Waals surface area contributed by atoms with Gasteiger partial charge in [-0.1, -0.05) is 164 Å². The average molecular weight is 594 g/mol. The summed E-state index contributed by atoms with van der Waals surface area (Å²) in [6.45, 7) is 0. The van der Waals surface area contributed by atoms with E-state index >= 15 is 0 Å². The molecule has 1 aliphatic heterocycles. The third-order valence-corrected chi connectivity index (χ3v) is 13.8. The van der Waals surface area contributed by atoms with Gasteiger partial charge in [-0.15, -0.1) is 0 Å². The van der Waals surface area contributed by atoms with Gasteiger partial charge in [-0.25, -0.2) is 0 Å². The van der Waals surface area contributed by atoms with Crippen molar-refractivity contribution in [2.24, 2.45) is 0 Å². The Hall–Kier alpha value is -4.20. The summed E-state index contributed by atoms with van der Waals surface area (Å²) in [5, 5.41) is 3.94. The minimum absolute atomic E-state index is 0.682. The second-order valence-electron chi connectivity index (χ2n) is 10.1. The van der Waals surface area contributed by atoms with Gasteiger partial charge in [0.1, 0.15) is 16.6 Å². The highest BCUT2D eigenvalue weighted by Crippen LogP contribution is 2.71. The molecule has 0 saturated carbocycles. The van der Waals surface area contributed by atoms with E-state index in [2.05, 4.69) is 152 Å². The van der Waals surface area contributed by atoms with Gasteiger partial charge in [0.05, 0.1) is 0 Å². The van der Waals surface area contributed by atoms with Crippen LogP contribution in [0.25, 0.3) is 0 Å². The molecule has 1 aliphatic rings. The first-order valence-corrected chi connectivity index (χ1v) is 17.0. The van der Waals surface area contributed by atoms with Crippen molar-refractivity contribution in [2.75, 3.05) is 0 Å². The van der Waals surface area contributed by atoms with Crippen molar-refractivity contribution in [2.45, 2.75) is 5.08 Å². The predicted molar refractivity (Wildman–Crippen MR) is 181 cm³/mol. The van der Waals surface area contributed by atoms with Gasteiger partial charge in [0.2, 0.25) is 0 Å². The van der Waals surface area contributed by atoms with Gasteiger partial charge >= 0.3 is 7.32 Å². The minimum Gasteiger partial charge on any atom is -0.498 e. The fourth-order valence-corrected chi connectivity index (χ4v) is 12.8. The smallest absolute Gasteiger partial charge is 0.498 e. The average Bonchev–Trinajstić information content (AvgIpc) is 3.49. The maximum atomic E-state index is 7.52. The fraction of sp³-hybridized carbons (Fsp3) is 0.0270. The summed E-state index contributed by atoms with van der Waals surface area (Å²) in [4.78, 5) is 0. The highest BCUT2D eigenvalue weighted by molar-refractivity contribution is 7.90. The lowest BCUT2D eigenvalue weighted by Crippen LogP contribution is -2.45. The van der Waals surface area contributed by atoms with E-state index in [1.807, 2.05) is 24.3 Å². The third-order valence-electron chi connectivity index (χ3n) is 7.37. The fourth-order valence-electron chi connectivity index (χ4n) is 5.55. The van der Waals surface area contributed by atoms with Gasteiger partial charge in [0.25, 0.3) is 0 Å². The van der Waals surface area contributed by atoms with Crippen LogP contribution in [0.1, 0.15) is 5.56 Å². The summed E-state index contributed by atoms with van der Waals surface area (Å²) in [7, 11) is -3.35. The maximum Gasteiger partial charge on any atom is 0.789 e. The van der Waals surface area contributed by atoms with Gasteiger partial charge in [-0.3, -0.25) is 0 Å². The number of rotatable bonds is 9. The van der Waals surface area contributed by atoms with E-state index in [-0.39, 0.29) is 0 Å². The van der Waals surface area contributed by atoms with Gasteiger partial charge in [-0.2, -0.15) is 0 Å². The van der Waals surface area contributed by atoms with Gasteiger partial charge in [0, 0.05) is 0 Å². The molecule has 0 atom stereocenters. The Morgan fingerprint density at radius 2 is 0.698 bits per heavy atom. The monoisotopic (exact) mass is 594 g/mol. The highest BCUT2D eigenvalue weighted by Gasteiger charge is 2.56. The van der Waals surface area contributed by atoms with Crippen LogP contribution in [0.3, 0.4) is 0 Å². The van der Waals surface area contributed by atoms with E-state index in [0.29, 0.717) is 11.5 Å². The van der Waals surface area contributed by atoms with Crippen LogP contribution in [0, 0.1) is 0 Å². The lowest BCUT2D eigenvalue weighted by Gasteiger charge is -2.47. The molecule has 0 radical (unpaired) electrons. The van der Waals surface area contributed by atoms with Crippen LogP contribution >= 0.6 is 15.8 Å². The topological polar surface area (TPSA) is 27.7 Å². The van der Waals surface area contributed by atoms with Crippen LogP contribution in [-0.2, 0) is 9.74 Å². The van der Waals surface area contributed by atoms with Crippen molar-refractivity contribution in [1.82, 2.24) is 0 Å². The van der Waals surface area contributed by atoms with Crippen molar-refractivity contribution in [3.63, 3.8) is 0 Å². The highest BCUT2D eigenvalue weighted by atomic mass is 31.2. The standard InChI is InChI=1S/C37H29BO3P2/c1-6-18-30(19-7-1)37(41-38-39-35-28-16-17-29-36(35)40-38,42(31-20-8-2-9-21-31)32-22-10-3-11-23-32)43(33-24-12-4-13-25-33)34-26-14-5-15-27-34/h1-29H. The number of para-hydroxylation sites is 2. The molecule has 1 heterocycles. The lowest BCUT2D eigenvalue weighted by molar-refractivity contribution is 0.175. The largest absolute Gasteiger partial charge is 0.789 e. The minimum atomic E-state index is -1.21. The molecular weight excluding hydrogens is 565 g/mol. The van der Waals surface area contributed by atoms with Crippen LogP contribution in [0.2, 0.25) is 0 Å². The van der Waals surface area contributed by atoms with Crippen molar-refractivity contribution in [3.8, 4) is 11.5 Å². The molecule has 208 valence electrons. The number of hydrogen-bond acceptors (Lipinski definition) is 3. The van der Waals surface area contributed by atoms with Gasteiger partial charge in [-0.05, 0) is 54.8 Å². The molecule has 6 heteroatoms. The lowest BCUT2D eigenvalue weighted by atomic mass is 10.2. The molecule has 0 spiro atoms. The Bertz CT molecular complexity index is 1570. The van der Waals surface area contributed by atoms with Crippen molar-refractivity contribution in [3.05, 3.63) is 181 Å². The zero-order valence-corrected chi connectivity index (χ0v) is 25.2. The Morgan fingerprint density at radius 1 is 0.395 bits per heavy atom. The molecule has 0 N–H and O–H groups in total. The number of fused-ring (bicyclic) bond motifs is 1. The summed E-state index contributed by atoms with van der Waals surface area (Å²) >= 11 is 0. The summed E-state index contributed by atoms with van der Waals surface area (Å²) in [5.74, 6) is 1.36. The molecular formula is C37H29BO3P2. The Balaban J connectivity index is 1.56. The van der Waals surface area contributed by atoms with E-state index in [0.717, 1.165) is 5.56 Å². The van der Waals surface area contributed by atoms with E-state index < -0.39 is 28.2 Å². The van der Waals surface area contributed by atoms with Crippen LogP contribution in [0.4, 0.5) is 0 Å². The SMILES string of the molecule is c1ccc(P(c2ccccc2)C(OB2Oc3ccccc3O2)(c2ccccc2)P(c2ccccc2)c2ccccc2)cc1. The van der Waals surface area contributed by atoms with Gasteiger partial charge in [0.15, 0.2) is 0 Å². The Morgan fingerprint density at radius 3 is 1.05 bits per heavy atom. The summed E-state index contributed by atoms with van der Waals surface area (Å²) in [6.07, 6.45) is 0. The molecule has 6 aromatic rings. The molecule has 0 aliphatic carbocycles. The molecule has 0 saturated heterocycles. The van der Waals surface area contributed by atoms with Crippen LogP contribution in [0.5, 0.6) is 11.5 Å². The van der Waals surface area contributed by atoms with E-state index in [1.165, 1.54) is 21.2 Å². The van der Waals surface area contributed by atoms with Crippen molar-refractivity contribution in [1.29, 1.82) is 0 Å². The molecule has 43 heavy (non-hydrogen) atoms. The second kappa shape index (κ2) is 12.6. The van der Waals surface area contributed by atoms with Gasteiger partial charge < -0.3 is 14.0 Å². The van der Waals surface area contributed by atoms with Crippen molar-refractivity contribution < 1.29 is 14.0 Å². The zero-order chi connectivity index (χ0) is 28.9. The predicted octanol–water partition coefficient (Wildman–Crippen LogP) is 7.54. The van der Waals surface area contributed by atoms with E-state index in [1.54, 1.807) is 0 Å². The second-order valence-corrected chi connectivity index (χ2v) is 15.1. The first-order valence-electron chi connectivity index (χ1n) is 14.3. The van der Waals surface area contributed by atoms with Crippen LogP contribution < -0.4 is 30.5 Å². The molecule has 0 unspecified atom stereocenters. The van der Waals surface area contributed by atoms with Crippen LogP contribution in [0.15, 0.2) is 176 Å². The maximum absolute atomic E-state index is 7.52. The molecule has 3 nitrogen and oxygen atoms in total. The molecule has 0 amide bonds. The Labute approximate surface area is 255 Å². The number of benzene rings is 6. The Kier molecular flexibility index (Phi) is 8.08. The number of hydrogen-bond donors (Lipinski definition) is 0. The molecule has 0 bridgehead atoms. The summed E-state index contributed by atoms with van der Waals surface area (Å²) in [6, 6.07) is 61.5. The molecule has 0 fully saturated rings. The van der Waals surface area contributed by atoms with Crippen molar-refractivity contribution >= 4 is 44.4 Å². The molecule has 6 aromatic carbocycles. The van der Waals surface area contributed by atoms with Crippen LogP contribution in [-0.4, -0.2) is 7.32 Å². The normalized spacial score (nSPS) is 12.6. The molecule has 7 rings (SSSR count). The van der Waals surface area contributed by atoms with E-state index in [9.17, 15) is 0 Å². The van der Waals surface area contributed by atoms with E-state index in [4.69, 9.17) is 14.0 Å². The summed E-state index contributed by atoms with van der Waals surface area (Å²) in [5.41, 5.74) is 1.08. The first kappa shape index (κ1) is 27.6. The zero-order valence-electron chi connectivity index (χ0n) is 23.4. The third kappa shape index (κ3) is 5.51.